The Morgan fingerprint density at radius 2 is 1.67 bits per heavy atom. The van der Waals surface area contributed by atoms with Gasteiger partial charge in [-0.1, -0.05) is 36.4 Å². The minimum atomic E-state index is -0.128. The van der Waals surface area contributed by atoms with Gasteiger partial charge >= 0.3 is 0 Å². The van der Waals surface area contributed by atoms with Gasteiger partial charge in [0.1, 0.15) is 0 Å². The van der Waals surface area contributed by atoms with Gasteiger partial charge in [0, 0.05) is 23.7 Å². The molecule has 88 valence electrons. The third kappa shape index (κ3) is 2.38. The van der Waals surface area contributed by atoms with E-state index in [4.69, 9.17) is 5.26 Å². The molecule has 0 heterocycles. The van der Waals surface area contributed by atoms with Crippen molar-refractivity contribution in [2.24, 2.45) is 0 Å². The van der Waals surface area contributed by atoms with Crippen LogP contribution in [0.1, 0.15) is 12.5 Å². The zero-order valence-electron chi connectivity index (χ0n) is 9.97. The Morgan fingerprint density at radius 1 is 1.06 bits per heavy atom. The second kappa shape index (κ2) is 5.15. The van der Waals surface area contributed by atoms with Gasteiger partial charge in [0.05, 0.1) is 11.6 Å². The standard InChI is InChI=1S/C15H12N2O/c1-11(18)17-15-9-5-4-8-14(15)13-7-3-2-6-12(13)10-16/h2-9H,1H3,(H,17,18). The lowest BCUT2D eigenvalue weighted by atomic mass is 9.99. The second-order valence-electron chi connectivity index (χ2n) is 3.88. The lowest BCUT2D eigenvalue weighted by molar-refractivity contribution is -0.114. The molecule has 0 spiro atoms. The fraction of sp³-hybridized carbons (Fsp3) is 0.0667. The van der Waals surface area contributed by atoms with Crippen LogP contribution in [-0.2, 0) is 4.79 Å². The van der Waals surface area contributed by atoms with E-state index in [0.29, 0.717) is 11.3 Å². The van der Waals surface area contributed by atoms with Crippen molar-refractivity contribution >= 4 is 11.6 Å². The maximum atomic E-state index is 11.2. The van der Waals surface area contributed by atoms with Crippen LogP contribution in [0.15, 0.2) is 48.5 Å². The van der Waals surface area contributed by atoms with E-state index in [1.807, 2.05) is 42.5 Å². The number of hydrogen-bond donors (Lipinski definition) is 1. The van der Waals surface area contributed by atoms with Crippen LogP contribution < -0.4 is 5.32 Å². The Morgan fingerprint density at radius 3 is 2.33 bits per heavy atom. The Balaban J connectivity index is 2.57. The first kappa shape index (κ1) is 11.9. The van der Waals surface area contributed by atoms with Crippen LogP contribution in [0, 0.1) is 11.3 Å². The molecule has 0 fully saturated rings. The van der Waals surface area contributed by atoms with Crippen LogP contribution in [0.4, 0.5) is 5.69 Å². The number of anilines is 1. The number of amides is 1. The number of rotatable bonds is 2. The van der Waals surface area contributed by atoms with Crippen molar-refractivity contribution in [2.75, 3.05) is 5.32 Å². The van der Waals surface area contributed by atoms with E-state index in [-0.39, 0.29) is 5.91 Å². The number of hydrogen-bond acceptors (Lipinski definition) is 2. The summed E-state index contributed by atoms with van der Waals surface area (Å²) in [5.74, 6) is -0.128. The summed E-state index contributed by atoms with van der Waals surface area (Å²) in [7, 11) is 0. The topological polar surface area (TPSA) is 52.9 Å². The van der Waals surface area contributed by atoms with Gasteiger partial charge in [-0.2, -0.15) is 5.26 Å². The Labute approximate surface area is 106 Å². The predicted molar refractivity (Wildman–Crippen MR) is 70.9 cm³/mol. The van der Waals surface area contributed by atoms with Gasteiger partial charge in [0.15, 0.2) is 0 Å². The molecule has 2 aromatic carbocycles. The number of carbonyl (C=O) groups is 1. The summed E-state index contributed by atoms with van der Waals surface area (Å²) in [6.07, 6.45) is 0. The van der Waals surface area contributed by atoms with E-state index in [1.54, 1.807) is 6.07 Å². The average Bonchev–Trinajstić information content (AvgIpc) is 2.39. The summed E-state index contributed by atoms with van der Waals surface area (Å²) in [6, 6.07) is 16.9. The highest BCUT2D eigenvalue weighted by atomic mass is 16.1. The molecule has 2 rings (SSSR count). The minimum absolute atomic E-state index is 0.128. The zero-order chi connectivity index (χ0) is 13.0. The lowest BCUT2D eigenvalue weighted by Crippen LogP contribution is -2.06. The average molecular weight is 236 g/mol. The molecule has 0 saturated carbocycles. The molecule has 0 unspecified atom stereocenters. The van der Waals surface area contributed by atoms with Crippen LogP contribution in [0.25, 0.3) is 11.1 Å². The molecule has 0 aliphatic rings. The minimum Gasteiger partial charge on any atom is -0.326 e. The van der Waals surface area contributed by atoms with Crippen LogP contribution in [0.2, 0.25) is 0 Å². The molecule has 0 radical (unpaired) electrons. The SMILES string of the molecule is CC(=O)Nc1ccccc1-c1ccccc1C#N. The van der Waals surface area contributed by atoms with Crippen LogP contribution in [-0.4, -0.2) is 5.91 Å². The molecular weight excluding hydrogens is 224 g/mol. The van der Waals surface area contributed by atoms with Gasteiger partial charge in [-0.3, -0.25) is 4.79 Å². The van der Waals surface area contributed by atoms with Crippen molar-refractivity contribution in [2.45, 2.75) is 6.92 Å². The molecule has 18 heavy (non-hydrogen) atoms. The maximum absolute atomic E-state index is 11.2. The molecule has 0 aromatic heterocycles. The van der Waals surface area contributed by atoms with Crippen molar-refractivity contribution in [3.63, 3.8) is 0 Å². The van der Waals surface area contributed by atoms with Gasteiger partial charge in [-0.15, -0.1) is 0 Å². The zero-order valence-corrected chi connectivity index (χ0v) is 9.97. The molecular formula is C15H12N2O. The predicted octanol–water partition coefficient (Wildman–Crippen LogP) is 3.18. The van der Waals surface area contributed by atoms with Crippen molar-refractivity contribution in [3.05, 3.63) is 54.1 Å². The van der Waals surface area contributed by atoms with E-state index < -0.39 is 0 Å². The third-order valence-corrected chi connectivity index (χ3v) is 2.58. The monoisotopic (exact) mass is 236 g/mol. The summed E-state index contributed by atoms with van der Waals surface area (Å²) >= 11 is 0. The van der Waals surface area contributed by atoms with Crippen LogP contribution >= 0.6 is 0 Å². The summed E-state index contributed by atoms with van der Waals surface area (Å²) in [5, 5.41) is 11.9. The fourth-order valence-corrected chi connectivity index (χ4v) is 1.83. The highest BCUT2D eigenvalue weighted by molar-refractivity contribution is 5.94. The van der Waals surface area contributed by atoms with Crippen molar-refractivity contribution in [1.29, 1.82) is 5.26 Å². The fourth-order valence-electron chi connectivity index (χ4n) is 1.83. The molecule has 0 saturated heterocycles. The normalized spacial score (nSPS) is 9.56. The first-order valence-electron chi connectivity index (χ1n) is 5.58. The van der Waals surface area contributed by atoms with Gasteiger partial charge in [-0.05, 0) is 12.1 Å². The lowest BCUT2D eigenvalue weighted by Gasteiger charge is -2.10. The molecule has 1 amide bonds. The number of nitrogens with zero attached hydrogens (tertiary/aromatic N) is 1. The number of carbonyl (C=O) groups excluding carboxylic acids is 1. The number of para-hydroxylation sites is 1. The van der Waals surface area contributed by atoms with E-state index >= 15 is 0 Å². The van der Waals surface area contributed by atoms with E-state index in [2.05, 4.69) is 11.4 Å². The van der Waals surface area contributed by atoms with Crippen molar-refractivity contribution < 1.29 is 4.79 Å². The summed E-state index contributed by atoms with van der Waals surface area (Å²) in [5.41, 5.74) is 2.98. The molecule has 0 bridgehead atoms. The first-order chi connectivity index (χ1) is 8.72. The largest absolute Gasteiger partial charge is 0.326 e. The Kier molecular flexibility index (Phi) is 3.40. The smallest absolute Gasteiger partial charge is 0.221 e. The Hall–Kier alpha value is -2.60. The van der Waals surface area contributed by atoms with Crippen LogP contribution in [0.5, 0.6) is 0 Å². The van der Waals surface area contributed by atoms with Crippen LogP contribution in [0.3, 0.4) is 0 Å². The van der Waals surface area contributed by atoms with Gasteiger partial charge in [0.2, 0.25) is 5.91 Å². The van der Waals surface area contributed by atoms with E-state index in [9.17, 15) is 4.79 Å². The number of benzene rings is 2. The molecule has 1 N–H and O–H groups in total. The van der Waals surface area contributed by atoms with Gasteiger partial charge in [0.25, 0.3) is 0 Å². The Bertz CT molecular complexity index is 626. The quantitative estimate of drug-likeness (QED) is 0.870. The number of nitrogens with one attached hydrogen (secondary N) is 1. The van der Waals surface area contributed by atoms with E-state index in [1.165, 1.54) is 6.92 Å². The van der Waals surface area contributed by atoms with Gasteiger partial charge in [-0.25, -0.2) is 0 Å². The molecule has 3 heteroatoms. The summed E-state index contributed by atoms with van der Waals surface area (Å²) in [4.78, 5) is 11.2. The van der Waals surface area contributed by atoms with E-state index in [0.717, 1.165) is 11.1 Å². The highest BCUT2D eigenvalue weighted by Crippen LogP contribution is 2.30. The van der Waals surface area contributed by atoms with Crippen molar-refractivity contribution in [3.8, 4) is 17.2 Å². The molecule has 2 aromatic rings. The van der Waals surface area contributed by atoms with Gasteiger partial charge < -0.3 is 5.32 Å². The molecule has 0 aliphatic heterocycles. The molecule has 3 nitrogen and oxygen atoms in total. The number of nitriles is 1. The summed E-state index contributed by atoms with van der Waals surface area (Å²) in [6.45, 7) is 1.47. The van der Waals surface area contributed by atoms with Crippen molar-refractivity contribution in [1.82, 2.24) is 0 Å². The third-order valence-electron chi connectivity index (χ3n) is 2.58. The maximum Gasteiger partial charge on any atom is 0.221 e. The first-order valence-corrected chi connectivity index (χ1v) is 5.58. The molecule has 0 aliphatic carbocycles. The molecule has 0 atom stereocenters. The second-order valence-corrected chi connectivity index (χ2v) is 3.88. The highest BCUT2D eigenvalue weighted by Gasteiger charge is 2.09. The summed E-state index contributed by atoms with van der Waals surface area (Å²) < 4.78 is 0.